The molecule has 1 aliphatic rings. The molecule has 1 aromatic heterocycles. The summed E-state index contributed by atoms with van der Waals surface area (Å²) in [6.45, 7) is 5.76. The van der Waals surface area contributed by atoms with E-state index in [2.05, 4.69) is 15.3 Å². The molecule has 0 amide bonds. The Bertz CT molecular complexity index is 402. The van der Waals surface area contributed by atoms with Gasteiger partial charge in [-0.1, -0.05) is 12.8 Å². The Labute approximate surface area is 113 Å². The molecule has 0 radical (unpaired) electrons. The molecule has 2 rings (SSSR count). The van der Waals surface area contributed by atoms with Gasteiger partial charge >= 0.3 is 0 Å². The Kier molecular flexibility index (Phi) is 4.89. The molecular weight excluding hydrogens is 244 g/mol. The second-order valence-corrected chi connectivity index (χ2v) is 6.21. The Morgan fingerprint density at radius 1 is 1.50 bits per heavy atom. The molecule has 1 aromatic rings. The molecular formula is C14H22N2OS. The minimum atomic E-state index is 0.308. The second-order valence-electron chi connectivity index (χ2n) is 5.26. The van der Waals surface area contributed by atoms with E-state index in [1.807, 2.05) is 6.92 Å². The third-order valence-electron chi connectivity index (χ3n) is 3.53. The van der Waals surface area contributed by atoms with E-state index in [1.165, 1.54) is 24.3 Å². The molecule has 0 spiro atoms. The summed E-state index contributed by atoms with van der Waals surface area (Å²) in [5.74, 6) is 0.308. The summed E-state index contributed by atoms with van der Waals surface area (Å²) in [5, 5.41) is 3.29. The van der Waals surface area contributed by atoms with Gasteiger partial charge in [-0.15, -0.1) is 11.3 Å². The molecule has 100 valence electrons. The number of hydrogen-bond acceptors (Lipinski definition) is 4. The second kappa shape index (κ2) is 6.43. The van der Waals surface area contributed by atoms with Crippen molar-refractivity contribution in [1.29, 1.82) is 0 Å². The van der Waals surface area contributed by atoms with E-state index >= 15 is 0 Å². The maximum Gasteiger partial charge on any atom is 0.131 e. The van der Waals surface area contributed by atoms with Crippen LogP contribution in [0.25, 0.3) is 0 Å². The normalized spacial score (nSPS) is 21.8. The number of aryl methyl sites for hydroxylation is 1. The van der Waals surface area contributed by atoms with Gasteiger partial charge in [0.15, 0.2) is 0 Å². The highest BCUT2D eigenvalue weighted by Crippen LogP contribution is 2.22. The van der Waals surface area contributed by atoms with Crippen molar-refractivity contribution in [3.8, 4) is 0 Å². The highest BCUT2D eigenvalue weighted by Gasteiger charge is 2.23. The van der Waals surface area contributed by atoms with Crippen LogP contribution in [0.4, 0.5) is 0 Å². The summed E-state index contributed by atoms with van der Waals surface area (Å²) < 4.78 is 0. The third kappa shape index (κ3) is 3.89. The molecule has 3 nitrogen and oxygen atoms in total. The lowest BCUT2D eigenvalue weighted by molar-refractivity contribution is -0.118. The Morgan fingerprint density at radius 2 is 2.33 bits per heavy atom. The smallest absolute Gasteiger partial charge is 0.131 e. The lowest BCUT2D eigenvalue weighted by Crippen LogP contribution is -2.35. The van der Waals surface area contributed by atoms with Crippen molar-refractivity contribution in [1.82, 2.24) is 9.88 Å². The maximum atomic E-state index is 11.4. The van der Waals surface area contributed by atoms with Gasteiger partial charge in [-0.05, 0) is 33.2 Å². The van der Waals surface area contributed by atoms with Gasteiger partial charge in [0, 0.05) is 23.5 Å². The highest BCUT2D eigenvalue weighted by molar-refractivity contribution is 7.09. The molecule has 1 fully saturated rings. The number of carbonyl (C=O) groups is 1. The van der Waals surface area contributed by atoms with Crippen LogP contribution in [0.1, 0.15) is 49.7 Å². The lowest BCUT2D eigenvalue weighted by Gasteiger charge is -2.28. The van der Waals surface area contributed by atoms with Crippen molar-refractivity contribution in [2.75, 3.05) is 6.54 Å². The molecule has 0 aliphatic carbocycles. The first-order chi connectivity index (χ1) is 8.65. The number of carbonyl (C=O) groups excluding carboxylic acids is 1. The first kappa shape index (κ1) is 13.7. The quantitative estimate of drug-likeness (QED) is 0.839. The van der Waals surface area contributed by atoms with Crippen molar-refractivity contribution in [3.05, 3.63) is 16.1 Å². The lowest BCUT2D eigenvalue weighted by atomic mass is 10.0. The van der Waals surface area contributed by atoms with Crippen LogP contribution >= 0.6 is 11.3 Å². The average molecular weight is 266 g/mol. The molecule has 1 saturated heterocycles. The molecule has 0 saturated carbocycles. The zero-order valence-corrected chi connectivity index (χ0v) is 12.1. The first-order valence-electron chi connectivity index (χ1n) is 6.79. The number of thiazole rings is 1. The fraction of sp³-hybridized carbons (Fsp3) is 0.714. The highest BCUT2D eigenvalue weighted by atomic mass is 32.1. The molecule has 4 heteroatoms. The Balaban J connectivity index is 2.02. The van der Waals surface area contributed by atoms with E-state index in [-0.39, 0.29) is 0 Å². The summed E-state index contributed by atoms with van der Waals surface area (Å²) in [6.07, 6.45) is 5.65. The monoisotopic (exact) mass is 266 g/mol. The van der Waals surface area contributed by atoms with Crippen LogP contribution in [-0.4, -0.2) is 28.3 Å². The number of Topliss-reactive ketones (excluding diaryl/α,β-unsaturated/α-hetero) is 1. The molecule has 0 N–H and O–H groups in total. The van der Waals surface area contributed by atoms with Crippen LogP contribution in [0.2, 0.25) is 0 Å². The largest absolute Gasteiger partial charge is 0.300 e. The summed E-state index contributed by atoms with van der Waals surface area (Å²) >= 11 is 1.73. The number of likely N-dealkylation sites (tertiary alicyclic amines) is 1. The van der Waals surface area contributed by atoms with Gasteiger partial charge in [0.1, 0.15) is 10.8 Å². The van der Waals surface area contributed by atoms with Crippen molar-refractivity contribution in [2.24, 2.45) is 0 Å². The standard InChI is InChI=1S/C14H22N2OS/c1-11-10-18-14(15-11)9-16-7-5-3-4-6-13(16)8-12(2)17/h10,13H,3-9H2,1-2H3. The van der Waals surface area contributed by atoms with Crippen LogP contribution < -0.4 is 0 Å². The van der Waals surface area contributed by atoms with Gasteiger partial charge in [-0.3, -0.25) is 9.69 Å². The number of nitrogens with zero attached hydrogens (tertiary/aromatic N) is 2. The number of ketones is 1. The van der Waals surface area contributed by atoms with Crippen LogP contribution in [0.15, 0.2) is 5.38 Å². The van der Waals surface area contributed by atoms with Crippen molar-refractivity contribution >= 4 is 17.1 Å². The van der Waals surface area contributed by atoms with Crippen LogP contribution in [0.5, 0.6) is 0 Å². The van der Waals surface area contributed by atoms with Gasteiger partial charge < -0.3 is 0 Å². The van der Waals surface area contributed by atoms with E-state index in [1.54, 1.807) is 18.3 Å². The number of rotatable bonds is 4. The van der Waals surface area contributed by atoms with Crippen LogP contribution in [0, 0.1) is 6.92 Å². The van der Waals surface area contributed by atoms with Crippen molar-refractivity contribution in [3.63, 3.8) is 0 Å². The molecule has 1 atom stereocenters. The maximum absolute atomic E-state index is 11.4. The summed E-state index contributed by atoms with van der Waals surface area (Å²) in [5.41, 5.74) is 1.10. The van der Waals surface area contributed by atoms with E-state index in [0.717, 1.165) is 25.2 Å². The molecule has 1 aliphatic heterocycles. The van der Waals surface area contributed by atoms with Crippen molar-refractivity contribution < 1.29 is 4.79 Å². The topological polar surface area (TPSA) is 33.2 Å². The minimum absolute atomic E-state index is 0.308. The van der Waals surface area contributed by atoms with Gasteiger partial charge in [0.25, 0.3) is 0 Å². The van der Waals surface area contributed by atoms with E-state index in [4.69, 9.17) is 0 Å². The SMILES string of the molecule is CC(=O)CC1CCCCCN1Cc1nc(C)cs1. The third-order valence-corrected chi connectivity index (χ3v) is 4.48. The Hall–Kier alpha value is -0.740. The molecule has 0 aromatic carbocycles. The average Bonchev–Trinajstić information content (AvgIpc) is 2.58. The molecule has 0 bridgehead atoms. The van der Waals surface area contributed by atoms with E-state index in [9.17, 15) is 4.79 Å². The van der Waals surface area contributed by atoms with E-state index < -0.39 is 0 Å². The van der Waals surface area contributed by atoms with Gasteiger partial charge in [0.2, 0.25) is 0 Å². The van der Waals surface area contributed by atoms with Crippen molar-refractivity contribution in [2.45, 2.75) is 58.5 Å². The predicted molar refractivity (Wildman–Crippen MR) is 74.8 cm³/mol. The van der Waals surface area contributed by atoms with Gasteiger partial charge in [0.05, 0.1) is 6.54 Å². The predicted octanol–water partition coefficient (Wildman–Crippen LogP) is 3.18. The van der Waals surface area contributed by atoms with Crippen LogP contribution in [0.3, 0.4) is 0 Å². The minimum Gasteiger partial charge on any atom is -0.300 e. The summed E-state index contributed by atoms with van der Waals surface area (Å²) in [4.78, 5) is 18.4. The number of hydrogen-bond donors (Lipinski definition) is 0. The molecule has 1 unspecified atom stereocenters. The Morgan fingerprint density at radius 3 is 3.00 bits per heavy atom. The van der Waals surface area contributed by atoms with Crippen LogP contribution in [-0.2, 0) is 11.3 Å². The summed E-state index contributed by atoms with van der Waals surface area (Å²) in [6, 6.07) is 0.425. The zero-order valence-electron chi connectivity index (χ0n) is 11.3. The zero-order chi connectivity index (χ0) is 13.0. The van der Waals surface area contributed by atoms with Gasteiger partial charge in [-0.25, -0.2) is 4.98 Å². The first-order valence-corrected chi connectivity index (χ1v) is 7.67. The summed E-state index contributed by atoms with van der Waals surface area (Å²) in [7, 11) is 0. The fourth-order valence-electron chi connectivity index (χ4n) is 2.66. The van der Waals surface area contributed by atoms with Gasteiger partial charge in [-0.2, -0.15) is 0 Å². The van der Waals surface area contributed by atoms with E-state index in [0.29, 0.717) is 18.2 Å². The molecule has 18 heavy (non-hydrogen) atoms. The molecule has 2 heterocycles. The fourth-order valence-corrected chi connectivity index (χ4v) is 3.45. The number of aromatic nitrogens is 1.